The van der Waals surface area contributed by atoms with Crippen molar-refractivity contribution in [3.8, 4) is 5.69 Å². The summed E-state index contributed by atoms with van der Waals surface area (Å²) in [7, 11) is 0. The molecule has 0 fully saturated rings. The van der Waals surface area contributed by atoms with Gasteiger partial charge in [0, 0.05) is 9.99 Å². The first-order chi connectivity index (χ1) is 7.63. The zero-order valence-corrected chi connectivity index (χ0v) is 11.5. The third-order valence-electron chi connectivity index (χ3n) is 2.21. The molecule has 1 aromatic carbocycles. The van der Waals surface area contributed by atoms with Crippen molar-refractivity contribution in [3.05, 3.63) is 38.2 Å². The van der Waals surface area contributed by atoms with Gasteiger partial charge in [-0.05, 0) is 53.0 Å². The van der Waals surface area contributed by atoms with Gasteiger partial charge in [-0.3, -0.25) is 9.67 Å². The summed E-state index contributed by atoms with van der Waals surface area (Å²) in [5.74, 6) is 0.593. The number of halogens is 2. The van der Waals surface area contributed by atoms with Crippen LogP contribution in [0.25, 0.3) is 5.69 Å². The monoisotopic (exact) mass is 349 g/mol. The van der Waals surface area contributed by atoms with Crippen LogP contribution in [0.15, 0.2) is 18.2 Å². The number of aromatic amines is 1. The lowest BCUT2D eigenvalue weighted by Crippen LogP contribution is -2.02. The molecule has 0 aliphatic heterocycles. The molecule has 2 rings (SSSR count). The van der Waals surface area contributed by atoms with Crippen molar-refractivity contribution in [1.82, 2.24) is 14.8 Å². The minimum atomic E-state index is -0.249. The predicted octanol–water partition coefficient (Wildman–Crippen LogP) is 3.24. The summed E-state index contributed by atoms with van der Waals surface area (Å²) < 4.78 is 16.2. The number of aromatic nitrogens is 3. The fraction of sp³-hybridized carbons (Fsp3) is 0.200. The van der Waals surface area contributed by atoms with E-state index in [4.69, 9.17) is 12.2 Å². The lowest BCUT2D eigenvalue weighted by molar-refractivity contribution is 0.626. The van der Waals surface area contributed by atoms with Crippen LogP contribution in [0.4, 0.5) is 4.39 Å². The van der Waals surface area contributed by atoms with E-state index in [1.54, 1.807) is 6.07 Å². The Hall–Kier alpha value is -0.760. The van der Waals surface area contributed by atoms with E-state index in [1.165, 1.54) is 12.1 Å². The van der Waals surface area contributed by atoms with Crippen LogP contribution in [0, 0.1) is 14.2 Å². The summed E-state index contributed by atoms with van der Waals surface area (Å²) in [5.41, 5.74) is 0.859. The van der Waals surface area contributed by atoms with Gasteiger partial charge >= 0.3 is 0 Å². The lowest BCUT2D eigenvalue weighted by atomic mass is 10.3. The van der Waals surface area contributed by atoms with Crippen molar-refractivity contribution in [2.75, 3.05) is 0 Å². The SMILES string of the molecule is CCc1n[nH]c(=S)n1-c1ccc(F)cc1I. The van der Waals surface area contributed by atoms with Gasteiger partial charge in [0.05, 0.1) is 5.69 Å². The van der Waals surface area contributed by atoms with Crippen LogP contribution in [0.1, 0.15) is 12.7 Å². The highest BCUT2D eigenvalue weighted by atomic mass is 127. The van der Waals surface area contributed by atoms with Gasteiger partial charge in [0.1, 0.15) is 11.6 Å². The summed E-state index contributed by atoms with van der Waals surface area (Å²) in [6.45, 7) is 2.00. The molecule has 0 aliphatic rings. The van der Waals surface area contributed by atoms with Crippen LogP contribution in [-0.2, 0) is 6.42 Å². The van der Waals surface area contributed by atoms with Gasteiger partial charge in [0.15, 0.2) is 4.77 Å². The minimum absolute atomic E-state index is 0.249. The Morgan fingerprint density at radius 2 is 2.31 bits per heavy atom. The highest BCUT2D eigenvalue weighted by molar-refractivity contribution is 14.1. The maximum absolute atomic E-state index is 13.0. The quantitative estimate of drug-likeness (QED) is 0.667. The van der Waals surface area contributed by atoms with Crippen LogP contribution >= 0.6 is 34.8 Å². The first-order valence-corrected chi connectivity index (χ1v) is 6.24. The van der Waals surface area contributed by atoms with E-state index < -0.39 is 0 Å². The number of hydrogen-bond acceptors (Lipinski definition) is 2. The zero-order valence-electron chi connectivity index (χ0n) is 8.50. The maximum Gasteiger partial charge on any atom is 0.199 e. The molecular weight excluding hydrogens is 340 g/mol. The normalized spacial score (nSPS) is 10.7. The molecule has 6 heteroatoms. The van der Waals surface area contributed by atoms with Gasteiger partial charge in [0.2, 0.25) is 0 Å². The van der Waals surface area contributed by atoms with Crippen LogP contribution in [-0.4, -0.2) is 14.8 Å². The fourth-order valence-corrected chi connectivity index (χ4v) is 2.45. The highest BCUT2D eigenvalue weighted by Gasteiger charge is 2.09. The van der Waals surface area contributed by atoms with Crippen molar-refractivity contribution < 1.29 is 4.39 Å². The van der Waals surface area contributed by atoms with E-state index in [2.05, 4.69) is 32.8 Å². The Bertz CT molecular complexity index is 576. The topological polar surface area (TPSA) is 33.6 Å². The molecule has 0 spiro atoms. The van der Waals surface area contributed by atoms with Gasteiger partial charge in [0.25, 0.3) is 0 Å². The summed E-state index contributed by atoms with van der Waals surface area (Å²) in [4.78, 5) is 0. The molecule has 0 radical (unpaired) electrons. The number of H-pyrrole nitrogens is 1. The molecule has 1 aromatic heterocycles. The van der Waals surface area contributed by atoms with E-state index in [1.807, 2.05) is 11.5 Å². The second-order valence-electron chi connectivity index (χ2n) is 3.23. The standard InChI is InChI=1S/C10H9FIN3S/c1-2-9-13-14-10(16)15(9)8-4-3-6(11)5-7(8)12/h3-5H,2H2,1H3,(H,14,16). The molecule has 3 nitrogen and oxygen atoms in total. The van der Waals surface area contributed by atoms with Crippen LogP contribution in [0.5, 0.6) is 0 Å². The fourth-order valence-electron chi connectivity index (χ4n) is 1.48. The number of rotatable bonds is 2. The third-order valence-corrected chi connectivity index (χ3v) is 3.35. The summed E-state index contributed by atoms with van der Waals surface area (Å²) in [6.07, 6.45) is 0.764. The molecule has 2 aromatic rings. The largest absolute Gasteiger partial charge is 0.271 e. The minimum Gasteiger partial charge on any atom is -0.271 e. The van der Waals surface area contributed by atoms with Crippen LogP contribution in [0.2, 0.25) is 0 Å². The van der Waals surface area contributed by atoms with E-state index in [-0.39, 0.29) is 5.82 Å². The Morgan fingerprint density at radius 1 is 1.56 bits per heavy atom. The average Bonchev–Trinajstić information content (AvgIpc) is 2.60. The van der Waals surface area contributed by atoms with Crippen LogP contribution < -0.4 is 0 Å². The lowest BCUT2D eigenvalue weighted by Gasteiger charge is -2.07. The third kappa shape index (κ3) is 2.03. The Morgan fingerprint density at radius 3 is 2.94 bits per heavy atom. The molecule has 1 heterocycles. The number of nitrogens with zero attached hydrogens (tertiary/aromatic N) is 2. The Balaban J connectivity index is 2.67. The van der Waals surface area contributed by atoms with Gasteiger partial charge in [-0.25, -0.2) is 4.39 Å². The molecular formula is C10H9FIN3S. The van der Waals surface area contributed by atoms with Crippen LogP contribution in [0.3, 0.4) is 0 Å². The van der Waals surface area contributed by atoms with E-state index >= 15 is 0 Å². The van der Waals surface area contributed by atoms with Crippen molar-refractivity contribution >= 4 is 34.8 Å². The number of nitrogens with one attached hydrogen (secondary N) is 1. The molecule has 16 heavy (non-hydrogen) atoms. The van der Waals surface area contributed by atoms with Crippen molar-refractivity contribution in [1.29, 1.82) is 0 Å². The number of hydrogen-bond donors (Lipinski definition) is 1. The van der Waals surface area contributed by atoms with Crippen molar-refractivity contribution in [2.45, 2.75) is 13.3 Å². The zero-order chi connectivity index (χ0) is 11.7. The Labute approximate surface area is 111 Å². The molecule has 0 aliphatic carbocycles. The molecule has 0 amide bonds. The van der Waals surface area contributed by atoms with Gasteiger partial charge in [-0.15, -0.1) is 0 Å². The average molecular weight is 349 g/mol. The molecule has 0 saturated carbocycles. The number of aryl methyl sites for hydroxylation is 1. The van der Waals surface area contributed by atoms with E-state index in [0.29, 0.717) is 4.77 Å². The maximum atomic E-state index is 13.0. The van der Waals surface area contributed by atoms with E-state index in [0.717, 1.165) is 21.5 Å². The molecule has 84 valence electrons. The molecule has 0 unspecified atom stereocenters. The second kappa shape index (κ2) is 4.62. The molecule has 0 atom stereocenters. The van der Waals surface area contributed by atoms with Crippen molar-refractivity contribution in [3.63, 3.8) is 0 Å². The second-order valence-corrected chi connectivity index (χ2v) is 4.78. The van der Waals surface area contributed by atoms with Gasteiger partial charge in [-0.1, -0.05) is 6.92 Å². The number of benzene rings is 1. The molecule has 0 saturated heterocycles. The Kier molecular flexibility index (Phi) is 3.38. The van der Waals surface area contributed by atoms with Gasteiger partial charge < -0.3 is 0 Å². The molecule has 0 bridgehead atoms. The summed E-state index contributed by atoms with van der Waals surface area (Å²) in [5, 5.41) is 6.87. The predicted molar refractivity (Wildman–Crippen MR) is 70.8 cm³/mol. The first kappa shape index (κ1) is 11.7. The van der Waals surface area contributed by atoms with Gasteiger partial charge in [-0.2, -0.15) is 5.10 Å². The summed E-state index contributed by atoms with van der Waals surface area (Å²) >= 11 is 7.25. The molecule has 1 N–H and O–H groups in total. The van der Waals surface area contributed by atoms with Crippen molar-refractivity contribution in [2.24, 2.45) is 0 Å². The van der Waals surface area contributed by atoms with E-state index in [9.17, 15) is 4.39 Å². The first-order valence-electron chi connectivity index (χ1n) is 4.75. The smallest absolute Gasteiger partial charge is 0.199 e. The summed E-state index contributed by atoms with van der Waals surface area (Å²) in [6, 6.07) is 4.61. The highest BCUT2D eigenvalue weighted by Crippen LogP contribution is 2.20.